The molecule has 0 spiro atoms. The first kappa shape index (κ1) is 14.8. The Morgan fingerprint density at radius 2 is 2.27 bits per heavy atom. The van der Waals surface area contributed by atoms with Gasteiger partial charge in [-0.25, -0.2) is 14.8 Å². The van der Waals surface area contributed by atoms with Crippen LogP contribution in [0.2, 0.25) is 0 Å². The van der Waals surface area contributed by atoms with E-state index in [1.807, 2.05) is 6.07 Å². The fourth-order valence-electron chi connectivity index (χ4n) is 3.12. The molecule has 2 amide bonds. The molecule has 22 heavy (non-hydrogen) atoms. The number of carbonyl (C=O) groups is 1. The molecule has 0 radical (unpaired) electrons. The molecule has 0 saturated heterocycles. The Balaban J connectivity index is 1.64. The molecular weight excluding hydrogens is 278 g/mol. The van der Waals surface area contributed by atoms with Gasteiger partial charge in [0.2, 0.25) is 0 Å². The van der Waals surface area contributed by atoms with Crippen molar-refractivity contribution in [2.75, 3.05) is 5.32 Å². The zero-order valence-electron chi connectivity index (χ0n) is 13.3. The van der Waals surface area contributed by atoms with Crippen LogP contribution >= 0.6 is 0 Å². The van der Waals surface area contributed by atoms with Gasteiger partial charge in [0.15, 0.2) is 11.5 Å². The van der Waals surface area contributed by atoms with Gasteiger partial charge in [-0.3, -0.25) is 5.32 Å². The number of fused-ring (bicyclic) bond motifs is 1. The summed E-state index contributed by atoms with van der Waals surface area (Å²) in [5, 5.41) is 5.87. The van der Waals surface area contributed by atoms with E-state index in [2.05, 4.69) is 46.4 Å². The second-order valence-corrected chi connectivity index (χ2v) is 7.06. The largest absolute Gasteiger partial charge is 0.345 e. The van der Waals surface area contributed by atoms with E-state index in [1.54, 1.807) is 12.4 Å². The minimum absolute atomic E-state index is 0.202. The van der Waals surface area contributed by atoms with Crippen LogP contribution < -0.4 is 10.6 Å². The maximum Gasteiger partial charge on any atom is 0.320 e. The van der Waals surface area contributed by atoms with E-state index in [0.717, 1.165) is 18.4 Å². The van der Waals surface area contributed by atoms with Gasteiger partial charge in [0, 0.05) is 12.2 Å². The second kappa shape index (κ2) is 5.59. The van der Waals surface area contributed by atoms with Crippen LogP contribution in [-0.4, -0.2) is 27.0 Å². The summed E-state index contributed by atoms with van der Waals surface area (Å²) in [5.41, 5.74) is 1.74. The Kier molecular flexibility index (Phi) is 3.76. The Bertz CT molecular complexity index is 678. The number of amides is 2. The number of H-pyrrole nitrogens is 1. The minimum Gasteiger partial charge on any atom is -0.345 e. The molecule has 118 valence electrons. The van der Waals surface area contributed by atoms with Crippen LogP contribution in [0.15, 0.2) is 18.5 Å². The molecule has 0 aliphatic heterocycles. The summed E-state index contributed by atoms with van der Waals surface area (Å²) >= 11 is 0. The number of anilines is 1. The van der Waals surface area contributed by atoms with Crippen molar-refractivity contribution in [3.63, 3.8) is 0 Å². The third kappa shape index (κ3) is 3.21. The van der Waals surface area contributed by atoms with Crippen molar-refractivity contribution in [2.24, 2.45) is 11.3 Å². The summed E-state index contributed by atoms with van der Waals surface area (Å²) < 4.78 is 0. The zero-order valence-corrected chi connectivity index (χ0v) is 13.3. The predicted molar refractivity (Wildman–Crippen MR) is 86.6 cm³/mol. The number of rotatable bonds is 2. The molecule has 1 aliphatic carbocycles. The predicted octanol–water partition coefficient (Wildman–Crippen LogP) is 3.29. The van der Waals surface area contributed by atoms with Crippen molar-refractivity contribution >= 4 is 23.0 Å². The van der Waals surface area contributed by atoms with E-state index in [4.69, 9.17) is 0 Å². The number of nitrogens with one attached hydrogen (secondary N) is 3. The lowest BCUT2D eigenvalue weighted by Gasteiger charge is -2.39. The summed E-state index contributed by atoms with van der Waals surface area (Å²) in [6, 6.07) is 1.82. The molecule has 3 N–H and O–H groups in total. The first-order valence-electron chi connectivity index (χ1n) is 7.81. The first-order chi connectivity index (χ1) is 10.4. The van der Waals surface area contributed by atoms with Crippen molar-refractivity contribution in [2.45, 2.75) is 46.1 Å². The number of aromatic nitrogens is 3. The highest BCUT2D eigenvalue weighted by Gasteiger charge is 2.33. The molecule has 0 bridgehead atoms. The highest BCUT2D eigenvalue weighted by molar-refractivity contribution is 5.89. The lowest BCUT2D eigenvalue weighted by Crippen LogP contribution is -2.46. The van der Waals surface area contributed by atoms with Gasteiger partial charge < -0.3 is 10.3 Å². The van der Waals surface area contributed by atoms with E-state index in [-0.39, 0.29) is 17.5 Å². The Labute approximate surface area is 130 Å². The normalized spacial score (nSPS) is 24.1. The molecule has 0 aromatic carbocycles. The summed E-state index contributed by atoms with van der Waals surface area (Å²) in [6.07, 6.45) is 6.70. The molecule has 2 atom stereocenters. The minimum atomic E-state index is -0.210. The van der Waals surface area contributed by atoms with Crippen molar-refractivity contribution in [3.8, 4) is 0 Å². The van der Waals surface area contributed by atoms with Crippen LogP contribution in [0, 0.1) is 11.3 Å². The molecule has 3 rings (SSSR count). The van der Waals surface area contributed by atoms with E-state index in [0.29, 0.717) is 17.4 Å². The molecule has 2 aromatic heterocycles. The highest BCUT2D eigenvalue weighted by Crippen LogP contribution is 2.38. The van der Waals surface area contributed by atoms with Gasteiger partial charge in [0.1, 0.15) is 5.52 Å². The first-order valence-corrected chi connectivity index (χ1v) is 7.81. The lowest BCUT2D eigenvalue weighted by molar-refractivity contribution is 0.154. The van der Waals surface area contributed by atoms with Crippen molar-refractivity contribution in [1.29, 1.82) is 0 Å². The Morgan fingerprint density at radius 1 is 1.45 bits per heavy atom. The monoisotopic (exact) mass is 301 g/mol. The Morgan fingerprint density at radius 3 is 3.09 bits per heavy atom. The van der Waals surface area contributed by atoms with Crippen molar-refractivity contribution in [1.82, 2.24) is 20.3 Å². The van der Waals surface area contributed by atoms with Gasteiger partial charge in [-0.05, 0) is 36.7 Å². The summed E-state index contributed by atoms with van der Waals surface area (Å²) in [7, 11) is 0. The quantitative estimate of drug-likeness (QED) is 0.796. The maximum atomic E-state index is 12.2. The third-order valence-electron chi connectivity index (χ3n) is 4.55. The van der Waals surface area contributed by atoms with Crippen LogP contribution in [0.5, 0.6) is 0 Å². The summed E-state index contributed by atoms with van der Waals surface area (Å²) in [5.74, 6) is 0.962. The third-order valence-corrected chi connectivity index (χ3v) is 4.55. The molecule has 2 unspecified atom stereocenters. The van der Waals surface area contributed by atoms with Crippen LogP contribution in [0.25, 0.3) is 11.2 Å². The second-order valence-electron chi connectivity index (χ2n) is 7.06. The van der Waals surface area contributed by atoms with Gasteiger partial charge in [0.05, 0.1) is 6.20 Å². The van der Waals surface area contributed by atoms with Crippen LogP contribution in [0.1, 0.15) is 40.0 Å². The van der Waals surface area contributed by atoms with E-state index >= 15 is 0 Å². The molecule has 1 aliphatic rings. The van der Waals surface area contributed by atoms with Gasteiger partial charge in [-0.15, -0.1) is 0 Å². The summed E-state index contributed by atoms with van der Waals surface area (Å²) in [4.78, 5) is 23.8. The number of hydrogen-bond donors (Lipinski definition) is 3. The smallest absolute Gasteiger partial charge is 0.320 e. The molecule has 6 heteroatoms. The van der Waals surface area contributed by atoms with E-state index < -0.39 is 0 Å². The molecular formula is C16H23N5O. The zero-order chi connectivity index (χ0) is 15.7. The van der Waals surface area contributed by atoms with Gasteiger partial charge in [-0.1, -0.05) is 20.8 Å². The molecule has 1 saturated carbocycles. The average molecular weight is 301 g/mol. The SMILES string of the molecule is CC1CCC(C)(C)CC1NC(=O)Nc1cnc2[nH]ccc2n1. The fraction of sp³-hybridized carbons (Fsp3) is 0.562. The number of hydrogen-bond acceptors (Lipinski definition) is 3. The van der Waals surface area contributed by atoms with E-state index in [9.17, 15) is 4.79 Å². The standard InChI is InChI=1S/C16H23N5O/c1-10-4-6-16(2,3)8-12(10)20-15(22)21-13-9-18-14-11(19-13)5-7-17-14/h5,7,9-10,12H,4,6,8H2,1-3H3,(H,17,18)(H2,19,20,21,22). The average Bonchev–Trinajstić information content (AvgIpc) is 2.90. The topological polar surface area (TPSA) is 82.7 Å². The van der Waals surface area contributed by atoms with Crippen LogP contribution in [0.3, 0.4) is 0 Å². The van der Waals surface area contributed by atoms with Gasteiger partial charge >= 0.3 is 6.03 Å². The van der Waals surface area contributed by atoms with Crippen molar-refractivity contribution in [3.05, 3.63) is 18.5 Å². The van der Waals surface area contributed by atoms with Crippen LogP contribution in [0.4, 0.5) is 10.6 Å². The van der Waals surface area contributed by atoms with E-state index in [1.165, 1.54) is 6.42 Å². The fourth-order valence-corrected chi connectivity index (χ4v) is 3.12. The molecule has 1 fully saturated rings. The molecule has 2 aromatic rings. The molecule has 2 heterocycles. The van der Waals surface area contributed by atoms with Crippen molar-refractivity contribution < 1.29 is 4.79 Å². The van der Waals surface area contributed by atoms with Gasteiger partial charge in [-0.2, -0.15) is 0 Å². The Hall–Kier alpha value is -2.11. The highest BCUT2D eigenvalue weighted by atomic mass is 16.2. The van der Waals surface area contributed by atoms with Gasteiger partial charge in [0.25, 0.3) is 0 Å². The number of urea groups is 1. The van der Waals surface area contributed by atoms with Crippen LogP contribution in [-0.2, 0) is 0 Å². The maximum absolute atomic E-state index is 12.2. The number of nitrogens with zero attached hydrogens (tertiary/aromatic N) is 2. The summed E-state index contributed by atoms with van der Waals surface area (Å²) in [6.45, 7) is 6.72. The number of aromatic amines is 1. The lowest BCUT2D eigenvalue weighted by atomic mass is 9.71. The molecule has 6 nitrogen and oxygen atoms in total. The number of carbonyl (C=O) groups excluding carboxylic acids is 1.